The normalized spacial score (nSPS) is 19.5. The third-order valence-electron chi connectivity index (χ3n) is 6.36. The number of anilines is 1. The van der Waals surface area contributed by atoms with E-state index in [4.69, 9.17) is 5.11 Å². The Labute approximate surface area is 185 Å². The topological polar surface area (TPSA) is 69.2 Å². The fraction of sp³-hybridized carbons (Fsp3) is 0.423. The van der Waals surface area contributed by atoms with Gasteiger partial charge in [0.25, 0.3) is 0 Å². The number of aliphatic hydroxyl groups excluding tert-OH is 1. The van der Waals surface area contributed by atoms with E-state index in [2.05, 4.69) is 82.5 Å². The highest BCUT2D eigenvalue weighted by Crippen LogP contribution is 2.36. The second-order valence-corrected chi connectivity index (χ2v) is 8.54. The molecule has 0 bridgehead atoms. The van der Waals surface area contributed by atoms with E-state index in [1.54, 1.807) is 0 Å². The first-order chi connectivity index (χ1) is 15.2. The van der Waals surface area contributed by atoms with Crippen LogP contribution in [-0.4, -0.2) is 42.4 Å². The monoisotopic (exact) mass is 418 g/mol. The molecule has 1 saturated carbocycles. The van der Waals surface area contributed by atoms with E-state index in [0.29, 0.717) is 24.5 Å². The highest BCUT2D eigenvalue weighted by molar-refractivity contribution is 5.86. The molecule has 0 amide bonds. The summed E-state index contributed by atoms with van der Waals surface area (Å²) >= 11 is 0. The molecule has 1 aliphatic rings. The zero-order chi connectivity index (χ0) is 21.5. The van der Waals surface area contributed by atoms with Gasteiger partial charge in [-0.05, 0) is 60.1 Å². The highest BCUT2D eigenvalue weighted by Gasteiger charge is 2.27. The van der Waals surface area contributed by atoms with E-state index < -0.39 is 0 Å². The van der Waals surface area contributed by atoms with E-state index in [1.807, 2.05) is 6.20 Å². The minimum Gasteiger partial charge on any atom is -0.395 e. The number of nitrogens with zero attached hydrogens (tertiary/aromatic N) is 1. The second kappa shape index (κ2) is 10.7. The number of fused-ring (bicyclic) bond motifs is 1. The van der Waals surface area contributed by atoms with Crippen molar-refractivity contribution in [1.29, 1.82) is 0 Å². The SMILES string of the molecule is CC(NC1CCC(c2ccc(NCCNCCO)nc2)C1)c1cccc2ccccc12. The van der Waals surface area contributed by atoms with Crippen LogP contribution < -0.4 is 16.0 Å². The molecule has 1 aromatic heterocycles. The fourth-order valence-corrected chi connectivity index (χ4v) is 4.74. The predicted molar refractivity (Wildman–Crippen MR) is 129 cm³/mol. The molecule has 0 aliphatic heterocycles. The molecule has 164 valence electrons. The van der Waals surface area contributed by atoms with Crippen LogP contribution in [-0.2, 0) is 0 Å². The molecule has 3 aromatic rings. The van der Waals surface area contributed by atoms with Crippen LogP contribution in [0.2, 0.25) is 0 Å². The maximum Gasteiger partial charge on any atom is 0.125 e. The van der Waals surface area contributed by atoms with Gasteiger partial charge < -0.3 is 21.1 Å². The van der Waals surface area contributed by atoms with Gasteiger partial charge in [0.15, 0.2) is 0 Å². The third kappa shape index (κ3) is 5.62. The zero-order valence-electron chi connectivity index (χ0n) is 18.3. The summed E-state index contributed by atoms with van der Waals surface area (Å²) in [7, 11) is 0. The van der Waals surface area contributed by atoms with Crippen molar-refractivity contribution in [2.24, 2.45) is 0 Å². The van der Waals surface area contributed by atoms with Gasteiger partial charge in [-0.3, -0.25) is 0 Å². The van der Waals surface area contributed by atoms with Gasteiger partial charge in [-0.25, -0.2) is 4.98 Å². The number of aliphatic hydroxyl groups is 1. The van der Waals surface area contributed by atoms with Crippen LogP contribution in [0.4, 0.5) is 5.82 Å². The lowest BCUT2D eigenvalue weighted by molar-refractivity contribution is 0.293. The summed E-state index contributed by atoms with van der Waals surface area (Å²) in [4.78, 5) is 4.60. The van der Waals surface area contributed by atoms with E-state index in [1.165, 1.54) is 34.7 Å². The molecular formula is C26H34N4O. The maximum atomic E-state index is 8.78. The van der Waals surface area contributed by atoms with Gasteiger partial charge in [0.2, 0.25) is 0 Å². The lowest BCUT2D eigenvalue weighted by Gasteiger charge is -2.21. The molecule has 3 atom stereocenters. The molecule has 0 saturated heterocycles. The Balaban J connectivity index is 1.30. The van der Waals surface area contributed by atoms with Gasteiger partial charge in [-0.1, -0.05) is 48.5 Å². The van der Waals surface area contributed by atoms with Crippen molar-refractivity contribution in [3.8, 4) is 0 Å². The van der Waals surface area contributed by atoms with Crippen molar-refractivity contribution >= 4 is 16.6 Å². The van der Waals surface area contributed by atoms with Gasteiger partial charge in [0, 0.05) is 37.9 Å². The van der Waals surface area contributed by atoms with Crippen LogP contribution in [0, 0.1) is 0 Å². The van der Waals surface area contributed by atoms with Crippen molar-refractivity contribution in [3.05, 3.63) is 71.9 Å². The van der Waals surface area contributed by atoms with Gasteiger partial charge in [-0.15, -0.1) is 0 Å². The number of hydrogen-bond acceptors (Lipinski definition) is 5. The van der Waals surface area contributed by atoms with Gasteiger partial charge >= 0.3 is 0 Å². The predicted octanol–water partition coefficient (Wildman–Crippen LogP) is 4.22. The van der Waals surface area contributed by atoms with Crippen LogP contribution >= 0.6 is 0 Å². The number of nitrogens with one attached hydrogen (secondary N) is 3. The minimum absolute atomic E-state index is 0.172. The van der Waals surface area contributed by atoms with Crippen molar-refractivity contribution in [3.63, 3.8) is 0 Å². The molecule has 3 unspecified atom stereocenters. The molecule has 0 spiro atoms. The molecule has 1 heterocycles. The Bertz CT molecular complexity index is 954. The van der Waals surface area contributed by atoms with Crippen LogP contribution in [0.1, 0.15) is 49.3 Å². The Morgan fingerprint density at radius 3 is 2.71 bits per heavy atom. The Hall–Kier alpha value is -2.47. The maximum absolute atomic E-state index is 8.78. The molecule has 1 aliphatic carbocycles. The quantitative estimate of drug-likeness (QED) is 0.371. The van der Waals surface area contributed by atoms with Gasteiger partial charge in [-0.2, -0.15) is 0 Å². The van der Waals surface area contributed by atoms with Crippen LogP contribution in [0.3, 0.4) is 0 Å². The molecule has 4 rings (SSSR count). The standard InChI is InChI=1S/C26H34N4O/c1-19(24-8-4-6-20-5-2-3-7-25(20)24)30-23-11-9-21(17-23)22-10-12-26(29-18-22)28-14-13-27-15-16-31/h2-8,10,12,18-19,21,23,27,30-31H,9,11,13-17H2,1H3,(H,28,29). The van der Waals surface area contributed by atoms with Crippen molar-refractivity contribution in [2.45, 2.75) is 44.2 Å². The van der Waals surface area contributed by atoms with E-state index in [0.717, 1.165) is 25.3 Å². The zero-order valence-corrected chi connectivity index (χ0v) is 18.3. The first-order valence-electron chi connectivity index (χ1n) is 11.5. The summed E-state index contributed by atoms with van der Waals surface area (Å²) in [6.45, 7) is 4.70. The lowest BCUT2D eigenvalue weighted by Crippen LogP contribution is -2.29. The fourth-order valence-electron chi connectivity index (χ4n) is 4.74. The van der Waals surface area contributed by atoms with Crippen LogP contribution in [0.5, 0.6) is 0 Å². The summed E-state index contributed by atoms with van der Waals surface area (Å²) in [5.74, 6) is 1.48. The Morgan fingerprint density at radius 1 is 1.00 bits per heavy atom. The Morgan fingerprint density at radius 2 is 1.87 bits per heavy atom. The van der Waals surface area contributed by atoms with Crippen molar-refractivity contribution < 1.29 is 5.11 Å². The minimum atomic E-state index is 0.172. The third-order valence-corrected chi connectivity index (χ3v) is 6.36. The summed E-state index contributed by atoms with van der Waals surface area (Å²) in [5, 5.41) is 21.8. The number of benzene rings is 2. The molecular weight excluding hydrogens is 384 g/mol. The van der Waals surface area contributed by atoms with E-state index in [-0.39, 0.29) is 6.61 Å². The summed E-state index contributed by atoms with van der Waals surface area (Å²) in [6, 6.07) is 20.4. The average Bonchev–Trinajstić information content (AvgIpc) is 3.27. The number of aromatic nitrogens is 1. The lowest BCUT2D eigenvalue weighted by atomic mass is 9.97. The highest BCUT2D eigenvalue weighted by atomic mass is 16.3. The number of hydrogen-bond donors (Lipinski definition) is 4. The second-order valence-electron chi connectivity index (χ2n) is 8.54. The van der Waals surface area contributed by atoms with E-state index in [9.17, 15) is 0 Å². The van der Waals surface area contributed by atoms with Crippen LogP contribution in [0.15, 0.2) is 60.8 Å². The van der Waals surface area contributed by atoms with Crippen molar-refractivity contribution in [2.75, 3.05) is 31.6 Å². The largest absolute Gasteiger partial charge is 0.395 e. The molecule has 31 heavy (non-hydrogen) atoms. The molecule has 4 N–H and O–H groups in total. The molecule has 5 nitrogen and oxygen atoms in total. The van der Waals surface area contributed by atoms with Crippen LogP contribution in [0.25, 0.3) is 10.8 Å². The molecule has 2 aromatic carbocycles. The summed E-state index contributed by atoms with van der Waals surface area (Å²) in [5.41, 5.74) is 2.72. The smallest absolute Gasteiger partial charge is 0.125 e. The summed E-state index contributed by atoms with van der Waals surface area (Å²) in [6.07, 6.45) is 5.61. The average molecular weight is 419 g/mol. The molecule has 0 radical (unpaired) electrons. The number of rotatable bonds is 10. The Kier molecular flexibility index (Phi) is 7.52. The van der Waals surface area contributed by atoms with Gasteiger partial charge in [0.05, 0.1) is 6.61 Å². The molecule has 1 fully saturated rings. The van der Waals surface area contributed by atoms with Gasteiger partial charge in [0.1, 0.15) is 5.82 Å². The molecule has 5 heteroatoms. The number of pyridine rings is 1. The first-order valence-corrected chi connectivity index (χ1v) is 11.5. The van der Waals surface area contributed by atoms with E-state index >= 15 is 0 Å². The van der Waals surface area contributed by atoms with Crippen molar-refractivity contribution in [1.82, 2.24) is 15.6 Å². The summed E-state index contributed by atoms with van der Waals surface area (Å²) < 4.78 is 0. The first kappa shape index (κ1) is 21.8.